The standard InChI is InChI=1S/C20H18ClN2O3.2C2H6.W/c1-14-13-16(15-5-3-2-4-6-15)7-8-17(14)20(21)18(24)22-9-11-26-12-10-23(22)19(20)25;2*1-2;/h2-7,13H,9-12H2,1H3;2*1-2H3;/q-1;;;. The van der Waals surface area contributed by atoms with E-state index in [1.165, 1.54) is 10.0 Å². The molecule has 2 aliphatic rings. The molecule has 5 nitrogen and oxygen atoms in total. The maximum Gasteiger partial charge on any atom is 0.274 e. The Morgan fingerprint density at radius 3 is 1.94 bits per heavy atom. The van der Waals surface area contributed by atoms with E-state index in [9.17, 15) is 9.59 Å². The van der Waals surface area contributed by atoms with Gasteiger partial charge in [0.15, 0.2) is 0 Å². The number of halogens is 1. The molecule has 0 radical (unpaired) electrons. The van der Waals surface area contributed by atoms with Gasteiger partial charge < -0.3 is 4.74 Å². The summed E-state index contributed by atoms with van der Waals surface area (Å²) in [6.07, 6.45) is 0. The predicted octanol–water partition coefficient (Wildman–Crippen LogP) is 4.56. The van der Waals surface area contributed by atoms with E-state index >= 15 is 0 Å². The van der Waals surface area contributed by atoms with Crippen LogP contribution in [0.15, 0.2) is 42.5 Å². The Balaban J connectivity index is 0.000000910. The van der Waals surface area contributed by atoms with Crippen LogP contribution in [0.5, 0.6) is 0 Å². The van der Waals surface area contributed by atoms with Crippen molar-refractivity contribution < 1.29 is 35.4 Å². The van der Waals surface area contributed by atoms with Crippen molar-refractivity contribution in [3.63, 3.8) is 0 Å². The first-order chi connectivity index (χ1) is 14.5. The molecule has 0 unspecified atom stereocenters. The summed E-state index contributed by atoms with van der Waals surface area (Å²) in [7, 11) is 0. The minimum Gasteiger partial charge on any atom is -0.378 e. The average molecular weight is 614 g/mol. The summed E-state index contributed by atoms with van der Waals surface area (Å²) in [6, 6.07) is 16.7. The molecule has 168 valence electrons. The number of amides is 2. The van der Waals surface area contributed by atoms with E-state index in [2.05, 4.69) is 6.07 Å². The molecule has 31 heavy (non-hydrogen) atoms. The van der Waals surface area contributed by atoms with Gasteiger partial charge >= 0.3 is 0 Å². The Morgan fingerprint density at radius 1 is 0.935 bits per heavy atom. The normalized spacial score (nSPS) is 16.7. The van der Waals surface area contributed by atoms with Crippen molar-refractivity contribution in [2.24, 2.45) is 0 Å². The van der Waals surface area contributed by atoms with Crippen molar-refractivity contribution in [2.75, 3.05) is 26.3 Å². The molecule has 2 fully saturated rings. The van der Waals surface area contributed by atoms with Crippen molar-refractivity contribution in [1.29, 1.82) is 0 Å². The second-order valence-corrected chi connectivity index (χ2v) is 7.01. The molecule has 0 aliphatic carbocycles. The summed E-state index contributed by atoms with van der Waals surface area (Å²) < 4.78 is 5.35. The van der Waals surface area contributed by atoms with Crippen LogP contribution in [0, 0.1) is 13.0 Å². The summed E-state index contributed by atoms with van der Waals surface area (Å²) in [5.41, 5.74) is 3.19. The minimum absolute atomic E-state index is 0. The first kappa shape index (κ1) is 27.4. The Hall–Kier alpha value is -1.68. The molecule has 7 heteroatoms. The number of nitrogens with zero attached hydrogens (tertiary/aromatic N) is 2. The number of rotatable bonds is 2. The second-order valence-electron chi connectivity index (χ2n) is 6.44. The van der Waals surface area contributed by atoms with Crippen LogP contribution in [0.25, 0.3) is 11.1 Å². The van der Waals surface area contributed by atoms with Crippen molar-refractivity contribution in [2.45, 2.75) is 39.5 Å². The number of carbonyl (C=O) groups is 2. The third-order valence-corrected chi connectivity index (χ3v) is 5.35. The Labute approximate surface area is 204 Å². The van der Waals surface area contributed by atoms with Crippen LogP contribution in [-0.4, -0.2) is 48.1 Å². The van der Waals surface area contributed by atoms with Gasteiger partial charge in [-0.15, -0.1) is 11.1 Å². The number of hydrogen-bond donors (Lipinski definition) is 0. The van der Waals surface area contributed by atoms with E-state index in [1.807, 2.05) is 71.0 Å². The first-order valence-corrected chi connectivity index (χ1v) is 10.9. The van der Waals surface area contributed by atoms with Gasteiger partial charge in [0, 0.05) is 21.1 Å². The molecule has 4 rings (SSSR count). The zero-order valence-electron chi connectivity index (χ0n) is 18.8. The van der Waals surface area contributed by atoms with Crippen LogP contribution in [0.4, 0.5) is 0 Å². The maximum atomic E-state index is 13.0. The third kappa shape index (κ3) is 5.22. The topological polar surface area (TPSA) is 49.9 Å². The molecule has 2 saturated heterocycles. The SMILES string of the molecule is CC.CC.Cc1cc(-c2ccccc2)c[c-]c1C1(Cl)C(=O)N2CCOCCN2C1=O.[W]. The zero-order chi connectivity index (χ0) is 22.3. The number of alkyl halides is 1. The monoisotopic (exact) mass is 613 g/mol. The Kier molecular flexibility index (Phi) is 10.9. The summed E-state index contributed by atoms with van der Waals surface area (Å²) >= 11 is 6.67. The molecule has 2 amide bonds. The van der Waals surface area contributed by atoms with Gasteiger partial charge in [-0.3, -0.25) is 9.59 Å². The molecular formula is C24H30ClN2O3W-. The van der Waals surface area contributed by atoms with Crippen LogP contribution in [0.1, 0.15) is 38.8 Å². The van der Waals surface area contributed by atoms with Crippen LogP contribution in [-0.2, 0) is 40.3 Å². The van der Waals surface area contributed by atoms with Crippen molar-refractivity contribution in [3.8, 4) is 11.1 Å². The van der Waals surface area contributed by atoms with Gasteiger partial charge in [0.2, 0.25) is 4.87 Å². The number of benzene rings is 2. The molecule has 2 aromatic carbocycles. The number of carbonyl (C=O) groups excluding carboxylic acids is 2. The van der Waals surface area contributed by atoms with Gasteiger partial charge in [0.1, 0.15) is 0 Å². The summed E-state index contributed by atoms with van der Waals surface area (Å²) in [5, 5.41) is 2.81. The van der Waals surface area contributed by atoms with Gasteiger partial charge in [0.25, 0.3) is 11.8 Å². The second kappa shape index (κ2) is 12.4. The van der Waals surface area contributed by atoms with Crippen molar-refractivity contribution >= 4 is 23.4 Å². The zero-order valence-corrected chi connectivity index (χ0v) is 22.5. The summed E-state index contributed by atoms with van der Waals surface area (Å²) in [5.74, 6) is -0.858. The fourth-order valence-corrected chi connectivity index (χ4v) is 3.91. The van der Waals surface area contributed by atoms with Crippen LogP contribution in [0.2, 0.25) is 0 Å². The van der Waals surface area contributed by atoms with Gasteiger partial charge in [-0.1, -0.05) is 82.1 Å². The molecule has 2 aromatic rings. The molecule has 0 N–H and O–H groups in total. The largest absolute Gasteiger partial charge is 0.378 e. The summed E-state index contributed by atoms with van der Waals surface area (Å²) in [4.78, 5) is 24.2. The summed E-state index contributed by atoms with van der Waals surface area (Å²) in [6.45, 7) is 11.3. The Bertz CT molecular complexity index is 852. The fourth-order valence-electron chi connectivity index (χ4n) is 3.51. The first-order valence-electron chi connectivity index (χ1n) is 10.5. The number of hydrazine groups is 1. The van der Waals surface area contributed by atoms with E-state index in [1.54, 1.807) is 6.07 Å². The van der Waals surface area contributed by atoms with Gasteiger partial charge in [0.05, 0.1) is 26.3 Å². The van der Waals surface area contributed by atoms with E-state index in [0.717, 1.165) is 16.7 Å². The molecular weight excluding hydrogens is 584 g/mol. The average Bonchev–Trinajstić information content (AvgIpc) is 2.98. The molecule has 0 spiro atoms. The van der Waals surface area contributed by atoms with Crippen molar-refractivity contribution in [3.05, 3.63) is 59.7 Å². The van der Waals surface area contributed by atoms with E-state index in [-0.39, 0.29) is 21.1 Å². The van der Waals surface area contributed by atoms with Crippen LogP contribution >= 0.6 is 11.6 Å². The molecule has 0 aromatic heterocycles. The van der Waals surface area contributed by atoms with Crippen molar-refractivity contribution in [1.82, 2.24) is 10.0 Å². The van der Waals surface area contributed by atoms with E-state index in [4.69, 9.17) is 16.3 Å². The number of fused-ring (bicyclic) bond motifs is 1. The molecule has 0 atom stereocenters. The van der Waals surface area contributed by atoms with E-state index in [0.29, 0.717) is 31.9 Å². The van der Waals surface area contributed by atoms with Gasteiger partial charge in [-0.25, -0.2) is 10.0 Å². The van der Waals surface area contributed by atoms with E-state index < -0.39 is 16.7 Å². The fraction of sp³-hybridized carbons (Fsp3) is 0.417. The predicted molar refractivity (Wildman–Crippen MR) is 120 cm³/mol. The molecule has 0 bridgehead atoms. The Morgan fingerprint density at radius 2 is 1.45 bits per heavy atom. The molecule has 2 aliphatic heterocycles. The molecule has 2 heterocycles. The quantitative estimate of drug-likeness (QED) is 0.284. The van der Waals surface area contributed by atoms with Gasteiger partial charge in [-0.2, -0.15) is 23.8 Å². The minimum atomic E-state index is -1.75. The van der Waals surface area contributed by atoms with Crippen LogP contribution < -0.4 is 0 Å². The van der Waals surface area contributed by atoms with Crippen LogP contribution in [0.3, 0.4) is 0 Å². The number of ether oxygens (including phenoxy) is 1. The third-order valence-electron chi connectivity index (χ3n) is 4.83. The molecule has 0 saturated carbocycles. The smallest absolute Gasteiger partial charge is 0.274 e. The maximum absolute atomic E-state index is 13.0. The van der Waals surface area contributed by atoms with Gasteiger partial charge in [-0.05, 0) is 0 Å². The number of hydrogen-bond acceptors (Lipinski definition) is 3. The number of aryl methyl sites for hydroxylation is 1.